The van der Waals surface area contributed by atoms with Gasteiger partial charge in [-0.05, 0) is 30.7 Å². The van der Waals surface area contributed by atoms with E-state index in [0.29, 0.717) is 19.4 Å². The van der Waals surface area contributed by atoms with E-state index in [2.05, 4.69) is 0 Å². The second kappa shape index (κ2) is 7.14. The molecular weight excluding hydrogens is 220 g/mol. The zero-order valence-electron chi connectivity index (χ0n) is 10.3. The molecule has 2 atom stereocenters. The van der Waals surface area contributed by atoms with E-state index < -0.39 is 12.2 Å². The Morgan fingerprint density at radius 3 is 2.18 bits per heavy atom. The lowest BCUT2D eigenvalue weighted by molar-refractivity contribution is 0.00569. The lowest BCUT2D eigenvalue weighted by Crippen LogP contribution is -2.26. The highest BCUT2D eigenvalue weighted by molar-refractivity contribution is 5.31. The molecule has 0 saturated carbocycles. The van der Waals surface area contributed by atoms with Crippen LogP contribution in [0.2, 0.25) is 0 Å². The maximum absolute atomic E-state index is 9.53. The molecule has 0 fully saturated rings. The highest BCUT2D eigenvalue weighted by Gasteiger charge is 2.13. The van der Waals surface area contributed by atoms with Gasteiger partial charge in [-0.1, -0.05) is 6.92 Å². The van der Waals surface area contributed by atoms with Gasteiger partial charge in [0.2, 0.25) is 0 Å². The summed E-state index contributed by atoms with van der Waals surface area (Å²) in [4.78, 5) is 0. The number of hydrogen-bond acceptors (Lipinski definition) is 4. The van der Waals surface area contributed by atoms with Crippen molar-refractivity contribution in [2.45, 2.75) is 32.0 Å². The quantitative estimate of drug-likeness (QED) is 0.760. The maximum Gasteiger partial charge on any atom is 0.119 e. The Morgan fingerprint density at radius 2 is 1.65 bits per heavy atom. The zero-order chi connectivity index (χ0) is 12.7. The highest BCUT2D eigenvalue weighted by atomic mass is 16.5. The molecule has 0 aliphatic carbocycles. The number of benzene rings is 1. The lowest BCUT2D eigenvalue weighted by atomic mass is 10.1. The first-order chi connectivity index (χ1) is 8.17. The molecule has 0 aromatic heterocycles. The molecule has 2 N–H and O–H groups in total. The van der Waals surface area contributed by atoms with Gasteiger partial charge in [0.05, 0.1) is 25.9 Å². The Balaban J connectivity index is 2.30. The van der Waals surface area contributed by atoms with Crippen molar-refractivity contribution >= 4 is 0 Å². The summed E-state index contributed by atoms with van der Waals surface area (Å²) in [6.07, 6.45) is -0.433. The summed E-state index contributed by atoms with van der Waals surface area (Å²) in [6, 6.07) is 7.24. The standard InChI is InChI=1S/C13H20O4/c1-3-12(14)13(15)8-9-17-11-6-4-10(16-2)5-7-11/h4-7,12-15H,3,8-9H2,1-2H3/t12-,13-/m1/s1. The fourth-order valence-corrected chi connectivity index (χ4v) is 1.43. The molecule has 0 amide bonds. The molecule has 4 heteroatoms. The van der Waals surface area contributed by atoms with Crippen LogP contribution in [0, 0.1) is 0 Å². The molecule has 0 heterocycles. The third-order valence-electron chi connectivity index (χ3n) is 2.60. The van der Waals surface area contributed by atoms with Crippen LogP contribution in [0.15, 0.2) is 24.3 Å². The zero-order valence-corrected chi connectivity index (χ0v) is 10.3. The highest BCUT2D eigenvalue weighted by Crippen LogP contribution is 2.17. The molecule has 0 saturated heterocycles. The molecule has 1 aromatic rings. The minimum Gasteiger partial charge on any atom is -0.497 e. The molecule has 0 aliphatic rings. The average molecular weight is 240 g/mol. The van der Waals surface area contributed by atoms with Crippen LogP contribution < -0.4 is 9.47 Å². The summed E-state index contributed by atoms with van der Waals surface area (Å²) in [5.74, 6) is 1.50. The summed E-state index contributed by atoms with van der Waals surface area (Å²) >= 11 is 0. The van der Waals surface area contributed by atoms with Crippen molar-refractivity contribution in [3.05, 3.63) is 24.3 Å². The van der Waals surface area contributed by atoms with Crippen LogP contribution in [0.4, 0.5) is 0 Å². The number of aliphatic hydroxyl groups excluding tert-OH is 2. The van der Waals surface area contributed by atoms with E-state index in [-0.39, 0.29) is 0 Å². The molecule has 17 heavy (non-hydrogen) atoms. The fraction of sp³-hybridized carbons (Fsp3) is 0.538. The van der Waals surface area contributed by atoms with Gasteiger partial charge in [-0.25, -0.2) is 0 Å². The normalized spacial score (nSPS) is 14.1. The molecule has 1 rings (SSSR count). The minimum atomic E-state index is -0.724. The van der Waals surface area contributed by atoms with E-state index in [1.807, 2.05) is 31.2 Å². The Labute approximate surface area is 102 Å². The molecule has 0 radical (unpaired) electrons. The van der Waals surface area contributed by atoms with Crippen molar-refractivity contribution in [3.63, 3.8) is 0 Å². The van der Waals surface area contributed by atoms with Crippen LogP contribution in [0.1, 0.15) is 19.8 Å². The van der Waals surface area contributed by atoms with Crippen LogP contribution in [-0.4, -0.2) is 36.1 Å². The number of rotatable bonds is 7. The van der Waals surface area contributed by atoms with Crippen molar-refractivity contribution in [2.24, 2.45) is 0 Å². The summed E-state index contributed by atoms with van der Waals surface area (Å²) in [5.41, 5.74) is 0. The predicted molar refractivity (Wildman–Crippen MR) is 65.4 cm³/mol. The van der Waals surface area contributed by atoms with Gasteiger partial charge in [-0.15, -0.1) is 0 Å². The molecular formula is C13H20O4. The first-order valence-corrected chi connectivity index (χ1v) is 5.80. The number of hydrogen-bond donors (Lipinski definition) is 2. The summed E-state index contributed by atoms with van der Waals surface area (Å²) in [7, 11) is 1.61. The number of aliphatic hydroxyl groups is 2. The number of ether oxygens (including phenoxy) is 2. The Hall–Kier alpha value is -1.26. The Bertz CT molecular complexity index is 310. The maximum atomic E-state index is 9.53. The minimum absolute atomic E-state index is 0.380. The molecule has 4 nitrogen and oxygen atoms in total. The molecule has 0 spiro atoms. The van der Waals surface area contributed by atoms with E-state index in [9.17, 15) is 10.2 Å². The van der Waals surface area contributed by atoms with Crippen LogP contribution >= 0.6 is 0 Å². The van der Waals surface area contributed by atoms with E-state index in [1.54, 1.807) is 7.11 Å². The van der Waals surface area contributed by atoms with Gasteiger partial charge in [0, 0.05) is 6.42 Å². The molecule has 0 unspecified atom stereocenters. The van der Waals surface area contributed by atoms with Gasteiger partial charge in [0.25, 0.3) is 0 Å². The van der Waals surface area contributed by atoms with Gasteiger partial charge >= 0.3 is 0 Å². The monoisotopic (exact) mass is 240 g/mol. The predicted octanol–water partition coefficient (Wildman–Crippen LogP) is 1.60. The first-order valence-electron chi connectivity index (χ1n) is 5.80. The summed E-state index contributed by atoms with van der Waals surface area (Å²) in [6.45, 7) is 2.21. The smallest absolute Gasteiger partial charge is 0.119 e. The van der Waals surface area contributed by atoms with Crippen molar-refractivity contribution < 1.29 is 19.7 Å². The van der Waals surface area contributed by atoms with Crippen molar-refractivity contribution in [2.75, 3.05) is 13.7 Å². The van der Waals surface area contributed by atoms with Gasteiger partial charge in [-0.3, -0.25) is 0 Å². The third kappa shape index (κ3) is 4.63. The van der Waals surface area contributed by atoms with Crippen LogP contribution in [0.3, 0.4) is 0 Å². The van der Waals surface area contributed by atoms with E-state index in [0.717, 1.165) is 11.5 Å². The van der Waals surface area contributed by atoms with Gasteiger partial charge < -0.3 is 19.7 Å². The molecule has 0 bridgehead atoms. The summed E-state index contributed by atoms with van der Waals surface area (Å²) in [5, 5.41) is 18.9. The molecule has 96 valence electrons. The Morgan fingerprint density at radius 1 is 1.06 bits per heavy atom. The SMILES string of the molecule is CC[C@@H](O)[C@H](O)CCOc1ccc(OC)cc1. The van der Waals surface area contributed by atoms with Gasteiger partial charge in [-0.2, -0.15) is 0 Å². The second-order valence-corrected chi connectivity index (χ2v) is 3.86. The van der Waals surface area contributed by atoms with E-state index >= 15 is 0 Å². The van der Waals surface area contributed by atoms with Crippen LogP contribution in [0.25, 0.3) is 0 Å². The summed E-state index contributed by atoms with van der Waals surface area (Å²) < 4.78 is 10.5. The van der Waals surface area contributed by atoms with Crippen LogP contribution in [0.5, 0.6) is 11.5 Å². The average Bonchev–Trinajstić information content (AvgIpc) is 2.38. The topological polar surface area (TPSA) is 58.9 Å². The molecule has 0 aliphatic heterocycles. The Kier molecular flexibility index (Phi) is 5.80. The molecule has 1 aromatic carbocycles. The lowest BCUT2D eigenvalue weighted by Gasteiger charge is -2.16. The largest absolute Gasteiger partial charge is 0.497 e. The second-order valence-electron chi connectivity index (χ2n) is 3.86. The van der Waals surface area contributed by atoms with Crippen molar-refractivity contribution in [1.82, 2.24) is 0 Å². The fourth-order valence-electron chi connectivity index (χ4n) is 1.43. The van der Waals surface area contributed by atoms with Crippen molar-refractivity contribution in [1.29, 1.82) is 0 Å². The number of methoxy groups -OCH3 is 1. The van der Waals surface area contributed by atoms with Crippen LogP contribution in [-0.2, 0) is 0 Å². The van der Waals surface area contributed by atoms with E-state index in [1.165, 1.54) is 0 Å². The van der Waals surface area contributed by atoms with E-state index in [4.69, 9.17) is 9.47 Å². The van der Waals surface area contributed by atoms with Crippen molar-refractivity contribution in [3.8, 4) is 11.5 Å². The van der Waals surface area contributed by atoms with Gasteiger partial charge in [0.15, 0.2) is 0 Å². The first kappa shape index (κ1) is 13.8. The third-order valence-corrected chi connectivity index (χ3v) is 2.60. The van der Waals surface area contributed by atoms with Gasteiger partial charge in [0.1, 0.15) is 11.5 Å².